The lowest BCUT2D eigenvalue weighted by Crippen LogP contribution is -2.42. The highest BCUT2D eigenvalue weighted by atomic mass is 16.5. The average Bonchev–Trinajstić information content (AvgIpc) is 3.01. The number of benzene rings is 1. The van der Waals surface area contributed by atoms with Gasteiger partial charge >= 0.3 is 0 Å². The second kappa shape index (κ2) is 5.83. The summed E-state index contributed by atoms with van der Waals surface area (Å²) in [6.45, 7) is 4.51. The van der Waals surface area contributed by atoms with Gasteiger partial charge in [0.15, 0.2) is 0 Å². The molecular weight excluding hydrogens is 268 g/mol. The maximum Gasteiger partial charge on any atom is 0.147 e. The standard InChI is InChI=1S/C15H20N4O2/c1-11(15(20)12-3-5-13(21-2)6-4-12)18-7-8-19-10-16-17-14(19)9-18/h3-6,10-11,15,20H,7-9H2,1-2H3. The van der Waals surface area contributed by atoms with Crippen molar-refractivity contribution in [3.05, 3.63) is 42.0 Å². The van der Waals surface area contributed by atoms with Crippen molar-refractivity contribution >= 4 is 0 Å². The number of ether oxygens (including phenoxy) is 1. The van der Waals surface area contributed by atoms with Gasteiger partial charge < -0.3 is 14.4 Å². The summed E-state index contributed by atoms with van der Waals surface area (Å²) in [5, 5.41) is 18.6. The number of aliphatic hydroxyl groups excluding tert-OH is 1. The van der Waals surface area contributed by atoms with Crippen LogP contribution in [0.3, 0.4) is 0 Å². The van der Waals surface area contributed by atoms with Gasteiger partial charge in [-0.15, -0.1) is 10.2 Å². The first-order valence-corrected chi connectivity index (χ1v) is 7.12. The van der Waals surface area contributed by atoms with Crippen LogP contribution in [-0.4, -0.2) is 44.5 Å². The summed E-state index contributed by atoms with van der Waals surface area (Å²) in [7, 11) is 1.64. The van der Waals surface area contributed by atoms with Gasteiger partial charge in [0.05, 0.1) is 19.8 Å². The van der Waals surface area contributed by atoms with Gasteiger partial charge in [0, 0.05) is 19.1 Å². The highest BCUT2D eigenvalue weighted by Crippen LogP contribution is 2.25. The minimum atomic E-state index is -0.537. The number of rotatable bonds is 4. The van der Waals surface area contributed by atoms with Crippen LogP contribution >= 0.6 is 0 Å². The number of nitrogens with zero attached hydrogens (tertiary/aromatic N) is 4. The van der Waals surface area contributed by atoms with E-state index in [0.717, 1.165) is 30.2 Å². The van der Waals surface area contributed by atoms with Crippen LogP contribution in [0.15, 0.2) is 30.6 Å². The van der Waals surface area contributed by atoms with Gasteiger partial charge in [-0.25, -0.2) is 0 Å². The molecule has 3 rings (SSSR count). The van der Waals surface area contributed by atoms with Crippen LogP contribution in [0.25, 0.3) is 0 Å². The highest BCUT2D eigenvalue weighted by molar-refractivity contribution is 5.29. The molecule has 0 fully saturated rings. The molecule has 1 aliphatic heterocycles. The smallest absolute Gasteiger partial charge is 0.147 e. The lowest BCUT2D eigenvalue weighted by Gasteiger charge is -2.35. The Labute approximate surface area is 124 Å². The van der Waals surface area contributed by atoms with Gasteiger partial charge in [-0.3, -0.25) is 4.90 Å². The van der Waals surface area contributed by atoms with Gasteiger partial charge in [0.25, 0.3) is 0 Å². The zero-order chi connectivity index (χ0) is 14.8. The Morgan fingerprint density at radius 1 is 1.24 bits per heavy atom. The van der Waals surface area contributed by atoms with E-state index >= 15 is 0 Å². The summed E-state index contributed by atoms with van der Waals surface area (Å²) in [5.74, 6) is 1.75. The summed E-state index contributed by atoms with van der Waals surface area (Å²) >= 11 is 0. The molecule has 112 valence electrons. The molecule has 1 aromatic heterocycles. The van der Waals surface area contributed by atoms with Crippen LogP contribution in [-0.2, 0) is 13.1 Å². The average molecular weight is 288 g/mol. The van der Waals surface area contributed by atoms with E-state index in [1.54, 1.807) is 13.4 Å². The van der Waals surface area contributed by atoms with E-state index in [-0.39, 0.29) is 6.04 Å². The van der Waals surface area contributed by atoms with Gasteiger partial charge in [0.2, 0.25) is 0 Å². The maximum atomic E-state index is 10.6. The number of aromatic nitrogens is 3. The molecule has 2 unspecified atom stereocenters. The summed E-state index contributed by atoms with van der Waals surface area (Å²) in [4.78, 5) is 2.24. The van der Waals surface area contributed by atoms with Crippen molar-refractivity contribution in [2.45, 2.75) is 32.2 Å². The predicted molar refractivity (Wildman–Crippen MR) is 77.8 cm³/mol. The number of hydrogen-bond donors (Lipinski definition) is 1. The molecule has 21 heavy (non-hydrogen) atoms. The molecule has 0 radical (unpaired) electrons. The third-order valence-electron chi connectivity index (χ3n) is 4.16. The fraction of sp³-hybridized carbons (Fsp3) is 0.467. The Bertz CT molecular complexity index is 596. The van der Waals surface area contributed by atoms with Crippen molar-refractivity contribution in [2.75, 3.05) is 13.7 Å². The number of hydrogen-bond acceptors (Lipinski definition) is 5. The molecule has 2 heterocycles. The summed E-state index contributed by atoms with van der Waals surface area (Å²) in [6, 6.07) is 7.58. The number of aliphatic hydroxyl groups is 1. The first-order chi connectivity index (χ1) is 10.2. The summed E-state index contributed by atoms with van der Waals surface area (Å²) in [6.07, 6.45) is 1.22. The van der Waals surface area contributed by atoms with Crippen molar-refractivity contribution in [1.82, 2.24) is 19.7 Å². The lowest BCUT2D eigenvalue weighted by atomic mass is 10.0. The summed E-state index contributed by atoms with van der Waals surface area (Å²) in [5.41, 5.74) is 0.898. The fourth-order valence-electron chi connectivity index (χ4n) is 2.71. The van der Waals surface area contributed by atoms with Crippen molar-refractivity contribution in [3.63, 3.8) is 0 Å². The van der Waals surface area contributed by atoms with Crippen molar-refractivity contribution in [2.24, 2.45) is 0 Å². The molecule has 2 aromatic rings. The maximum absolute atomic E-state index is 10.6. The van der Waals surface area contributed by atoms with Gasteiger partial charge in [-0.05, 0) is 24.6 Å². The minimum absolute atomic E-state index is 0.0174. The van der Waals surface area contributed by atoms with E-state index in [9.17, 15) is 5.11 Å². The normalized spacial score (nSPS) is 18.0. The second-order valence-electron chi connectivity index (χ2n) is 5.37. The highest BCUT2D eigenvalue weighted by Gasteiger charge is 2.27. The van der Waals surface area contributed by atoms with Gasteiger partial charge in [0.1, 0.15) is 17.9 Å². The van der Waals surface area contributed by atoms with E-state index in [2.05, 4.69) is 19.7 Å². The Hall–Kier alpha value is -1.92. The number of methoxy groups -OCH3 is 1. The van der Waals surface area contributed by atoms with Crippen molar-refractivity contribution < 1.29 is 9.84 Å². The molecule has 0 saturated heterocycles. The van der Waals surface area contributed by atoms with E-state index in [1.165, 1.54) is 0 Å². The minimum Gasteiger partial charge on any atom is -0.497 e. The van der Waals surface area contributed by atoms with E-state index in [4.69, 9.17) is 4.74 Å². The zero-order valence-corrected chi connectivity index (χ0v) is 12.3. The van der Waals surface area contributed by atoms with Crippen LogP contribution < -0.4 is 4.74 Å². The Morgan fingerprint density at radius 3 is 2.71 bits per heavy atom. The van der Waals surface area contributed by atoms with E-state index in [0.29, 0.717) is 6.54 Å². The molecule has 0 saturated carbocycles. The van der Waals surface area contributed by atoms with Crippen LogP contribution in [0.4, 0.5) is 0 Å². The topological polar surface area (TPSA) is 63.4 Å². The first-order valence-electron chi connectivity index (χ1n) is 7.12. The molecule has 1 N–H and O–H groups in total. The quantitative estimate of drug-likeness (QED) is 0.916. The third-order valence-corrected chi connectivity index (χ3v) is 4.16. The Balaban J connectivity index is 1.71. The van der Waals surface area contributed by atoms with Crippen LogP contribution in [0, 0.1) is 0 Å². The third kappa shape index (κ3) is 2.77. The van der Waals surface area contributed by atoms with Crippen molar-refractivity contribution in [1.29, 1.82) is 0 Å². The number of fused-ring (bicyclic) bond motifs is 1. The second-order valence-corrected chi connectivity index (χ2v) is 5.37. The summed E-state index contributed by atoms with van der Waals surface area (Å²) < 4.78 is 7.20. The molecule has 6 nitrogen and oxygen atoms in total. The Kier molecular flexibility index (Phi) is 3.90. The Morgan fingerprint density at radius 2 is 2.00 bits per heavy atom. The molecule has 0 spiro atoms. The molecule has 6 heteroatoms. The SMILES string of the molecule is COc1ccc(C(O)C(C)N2CCn3cnnc3C2)cc1. The van der Waals surface area contributed by atoms with Crippen LogP contribution in [0.2, 0.25) is 0 Å². The first kappa shape index (κ1) is 14.0. The van der Waals surface area contributed by atoms with Gasteiger partial charge in [-0.2, -0.15) is 0 Å². The molecule has 1 aromatic carbocycles. The van der Waals surface area contributed by atoms with Crippen LogP contribution in [0.5, 0.6) is 5.75 Å². The predicted octanol–water partition coefficient (Wildman–Crippen LogP) is 1.22. The van der Waals surface area contributed by atoms with Crippen LogP contribution in [0.1, 0.15) is 24.4 Å². The molecule has 1 aliphatic rings. The molecule has 0 aliphatic carbocycles. The zero-order valence-electron chi connectivity index (χ0n) is 12.3. The molecule has 0 bridgehead atoms. The molecule has 2 atom stereocenters. The lowest BCUT2D eigenvalue weighted by molar-refractivity contribution is 0.0415. The monoisotopic (exact) mass is 288 g/mol. The van der Waals surface area contributed by atoms with E-state index in [1.807, 2.05) is 31.2 Å². The fourth-order valence-corrected chi connectivity index (χ4v) is 2.71. The molecular formula is C15H20N4O2. The largest absolute Gasteiger partial charge is 0.497 e. The van der Waals surface area contributed by atoms with E-state index < -0.39 is 6.10 Å². The van der Waals surface area contributed by atoms with Crippen molar-refractivity contribution in [3.8, 4) is 5.75 Å². The van der Waals surface area contributed by atoms with Gasteiger partial charge in [-0.1, -0.05) is 12.1 Å². The molecule has 0 amide bonds.